The normalized spacial score (nSPS) is 11.8. The first-order chi connectivity index (χ1) is 8.78. The van der Waals surface area contributed by atoms with Crippen molar-refractivity contribution < 1.29 is 17.9 Å². The lowest BCUT2D eigenvalue weighted by Gasteiger charge is -2.11. The van der Waals surface area contributed by atoms with E-state index in [-0.39, 0.29) is 11.2 Å². The van der Waals surface area contributed by atoms with E-state index in [1.165, 1.54) is 18.2 Å². The van der Waals surface area contributed by atoms with Gasteiger partial charge in [0.05, 0.1) is 5.52 Å². The fourth-order valence-electron chi connectivity index (χ4n) is 1.88. The number of fused-ring (bicyclic) bond motifs is 1. The quantitative estimate of drug-likeness (QED) is 0.841. The van der Waals surface area contributed by atoms with Crippen LogP contribution in [-0.4, -0.2) is 17.4 Å². The van der Waals surface area contributed by atoms with Crippen molar-refractivity contribution >= 4 is 10.9 Å². The molecule has 2 aromatic rings. The van der Waals surface area contributed by atoms with Gasteiger partial charge < -0.3 is 9.30 Å². The number of rotatable bonds is 2. The molecule has 0 aliphatic carbocycles. The van der Waals surface area contributed by atoms with E-state index in [1.807, 2.05) is 0 Å². The molecule has 0 unspecified atom stereocenters. The molecule has 1 heterocycles. The summed E-state index contributed by atoms with van der Waals surface area (Å²) in [5.41, 5.74) is 0.990. The maximum Gasteiger partial charge on any atom is 0.422 e. The van der Waals surface area contributed by atoms with Crippen molar-refractivity contribution in [3.05, 3.63) is 40.2 Å². The van der Waals surface area contributed by atoms with Gasteiger partial charge in [0.1, 0.15) is 5.75 Å². The van der Waals surface area contributed by atoms with Gasteiger partial charge in [-0.15, -0.1) is 0 Å². The number of aromatic nitrogens is 1. The molecule has 0 saturated heterocycles. The number of benzene rings is 1. The Kier molecular flexibility index (Phi) is 3.26. The zero-order chi connectivity index (χ0) is 14.2. The van der Waals surface area contributed by atoms with Crippen LogP contribution in [0.2, 0.25) is 0 Å². The highest BCUT2D eigenvalue weighted by Gasteiger charge is 2.28. The molecule has 0 aliphatic rings. The van der Waals surface area contributed by atoms with Crippen LogP contribution in [0.15, 0.2) is 29.2 Å². The lowest BCUT2D eigenvalue weighted by Crippen LogP contribution is -2.19. The third-order valence-corrected chi connectivity index (χ3v) is 2.74. The van der Waals surface area contributed by atoms with Crippen molar-refractivity contribution in [2.75, 3.05) is 6.61 Å². The predicted molar refractivity (Wildman–Crippen MR) is 65.5 cm³/mol. The SMILES string of the molecule is Cc1cn(C)c2cc(OCC(F)(F)F)ccc2c1=O. The first-order valence-corrected chi connectivity index (χ1v) is 5.57. The van der Waals surface area contributed by atoms with E-state index in [9.17, 15) is 18.0 Å². The Labute approximate surface area is 107 Å². The molecule has 0 spiro atoms. The molecule has 3 nitrogen and oxygen atoms in total. The molecular formula is C13H12F3NO2. The first-order valence-electron chi connectivity index (χ1n) is 5.57. The van der Waals surface area contributed by atoms with Gasteiger partial charge in [0.25, 0.3) is 0 Å². The molecule has 102 valence electrons. The van der Waals surface area contributed by atoms with Crippen LogP contribution >= 0.6 is 0 Å². The smallest absolute Gasteiger partial charge is 0.422 e. The van der Waals surface area contributed by atoms with Gasteiger partial charge in [0.2, 0.25) is 0 Å². The summed E-state index contributed by atoms with van der Waals surface area (Å²) in [4.78, 5) is 11.9. The number of hydrogen-bond donors (Lipinski definition) is 0. The molecule has 0 bridgehead atoms. The van der Waals surface area contributed by atoms with Crippen molar-refractivity contribution in [1.29, 1.82) is 0 Å². The van der Waals surface area contributed by atoms with Crippen molar-refractivity contribution in [3.63, 3.8) is 0 Å². The standard InChI is InChI=1S/C13H12F3NO2/c1-8-6-17(2)11-5-9(19-7-13(14,15)16)3-4-10(11)12(8)18/h3-6H,7H2,1-2H3. The summed E-state index contributed by atoms with van der Waals surface area (Å²) in [7, 11) is 1.72. The topological polar surface area (TPSA) is 31.2 Å². The van der Waals surface area contributed by atoms with Crippen LogP contribution < -0.4 is 10.2 Å². The molecule has 6 heteroatoms. The summed E-state index contributed by atoms with van der Waals surface area (Å²) in [6.45, 7) is 0.341. The van der Waals surface area contributed by atoms with Crippen LogP contribution in [0.3, 0.4) is 0 Å². The van der Waals surface area contributed by atoms with Gasteiger partial charge in [-0.3, -0.25) is 4.79 Å². The Morgan fingerprint density at radius 2 is 2.00 bits per heavy atom. The largest absolute Gasteiger partial charge is 0.484 e. The Bertz CT molecular complexity index is 674. The molecular weight excluding hydrogens is 259 g/mol. The van der Waals surface area contributed by atoms with Crippen LogP contribution in [0.5, 0.6) is 5.75 Å². The zero-order valence-electron chi connectivity index (χ0n) is 10.4. The van der Waals surface area contributed by atoms with Gasteiger partial charge in [-0.05, 0) is 19.1 Å². The van der Waals surface area contributed by atoms with Gasteiger partial charge in [-0.1, -0.05) is 0 Å². The minimum Gasteiger partial charge on any atom is -0.484 e. The van der Waals surface area contributed by atoms with Crippen molar-refractivity contribution in [2.24, 2.45) is 7.05 Å². The van der Waals surface area contributed by atoms with Gasteiger partial charge >= 0.3 is 6.18 Å². The summed E-state index contributed by atoms with van der Waals surface area (Å²) in [6, 6.07) is 4.28. The van der Waals surface area contributed by atoms with Crippen LogP contribution in [0.1, 0.15) is 5.56 Å². The molecule has 0 radical (unpaired) electrons. The van der Waals surface area contributed by atoms with E-state index in [0.717, 1.165) is 0 Å². The zero-order valence-corrected chi connectivity index (χ0v) is 10.4. The van der Waals surface area contributed by atoms with Gasteiger partial charge in [-0.2, -0.15) is 13.2 Å². The Morgan fingerprint density at radius 3 is 2.63 bits per heavy atom. The number of aryl methyl sites for hydroxylation is 2. The van der Waals surface area contributed by atoms with Crippen molar-refractivity contribution in [3.8, 4) is 5.75 Å². The summed E-state index contributed by atoms with van der Waals surface area (Å²) >= 11 is 0. The average molecular weight is 271 g/mol. The average Bonchev–Trinajstić information content (AvgIpc) is 2.32. The van der Waals surface area contributed by atoms with E-state index in [1.54, 1.807) is 24.7 Å². The molecule has 1 aromatic carbocycles. The molecule has 0 aliphatic heterocycles. The molecule has 1 aromatic heterocycles. The third kappa shape index (κ3) is 2.89. The van der Waals surface area contributed by atoms with E-state index < -0.39 is 12.8 Å². The van der Waals surface area contributed by atoms with E-state index in [0.29, 0.717) is 16.5 Å². The van der Waals surface area contributed by atoms with Crippen molar-refractivity contribution in [2.45, 2.75) is 13.1 Å². The number of nitrogens with zero attached hydrogens (tertiary/aromatic N) is 1. The lowest BCUT2D eigenvalue weighted by molar-refractivity contribution is -0.153. The highest BCUT2D eigenvalue weighted by Crippen LogP contribution is 2.22. The number of hydrogen-bond acceptors (Lipinski definition) is 2. The Hall–Kier alpha value is -1.98. The van der Waals surface area contributed by atoms with E-state index in [2.05, 4.69) is 4.74 Å². The Balaban J connectivity index is 2.44. The molecule has 0 fully saturated rings. The maximum absolute atomic E-state index is 12.1. The van der Waals surface area contributed by atoms with Gasteiger partial charge in [0, 0.05) is 30.3 Å². The summed E-state index contributed by atoms with van der Waals surface area (Å²) in [5.74, 6) is 0.0867. The second-order valence-corrected chi connectivity index (χ2v) is 4.33. The fourth-order valence-corrected chi connectivity index (χ4v) is 1.88. The summed E-state index contributed by atoms with van der Waals surface area (Å²) in [5, 5.41) is 0.460. The fraction of sp³-hybridized carbons (Fsp3) is 0.308. The summed E-state index contributed by atoms with van der Waals surface area (Å²) in [6.07, 6.45) is -2.74. The van der Waals surface area contributed by atoms with Crippen LogP contribution in [0.4, 0.5) is 13.2 Å². The molecule has 2 rings (SSSR count). The van der Waals surface area contributed by atoms with Crippen molar-refractivity contribution in [1.82, 2.24) is 4.57 Å². The van der Waals surface area contributed by atoms with Crippen LogP contribution in [0, 0.1) is 6.92 Å². The number of ether oxygens (including phenoxy) is 1. The lowest BCUT2D eigenvalue weighted by atomic mass is 10.1. The number of pyridine rings is 1. The maximum atomic E-state index is 12.1. The third-order valence-electron chi connectivity index (χ3n) is 2.74. The number of alkyl halides is 3. The molecule has 0 saturated carbocycles. The molecule has 19 heavy (non-hydrogen) atoms. The Morgan fingerprint density at radius 1 is 1.32 bits per heavy atom. The minimum atomic E-state index is -4.38. The summed E-state index contributed by atoms with van der Waals surface area (Å²) < 4.78 is 42.6. The van der Waals surface area contributed by atoms with Crippen LogP contribution in [0.25, 0.3) is 10.9 Å². The highest BCUT2D eigenvalue weighted by molar-refractivity contribution is 5.81. The molecule has 0 atom stereocenters. The molecule has 0 N–H and O–H groups in total. The second kappa shape index (κ2) is 4.60. The van der Waals surface area contributed by atoms with Gasteiger partial charge in [0.15, 0.2) is 12.0 Å². The van der Waals surface area contributed by atoms with E-state index in [4.69, 9.17) is 0 Å². The second-order valence-electron chi connectivity index (χ2n) is 4.33. The number of halogens is 3. The monoisotopic (exact) mass is 271 g/mol. The van der Waals surface area contributed by atoms with E-state index >= 15 is 0 Å². The highest BCUT2D eigenvalue weighted by atomic mass is 19.4. The predicted octanol–water partition coefficient (Wildman–Crippen LogP) is 2.79. The minimum absolute atomic E-state index is 0.0867. The van der Waals surface area contributed by atoms with Crippen LogP contribution in [-0.2, 0) is 7.05 Å². The van der Waals surface area contributed by atoms with Gasteiger partial charge in [-0.25, -0.2) is 0 Å². The molecule has 0 amide bonds. The first kappa shape index (κ1) is 13.5.